The smallest absolute Gasteiger partial charge is 0.249 e. The number of H-pyrrole nitrogens is 1. The highest BCUT2D eigenvalue weighted by molar-refractivity contribution is 6.32. The van der Waals surface area contributed by atoms with Gasteiger partial charge in [-0.3, -0.25) is 4.79 Å². The molecule has 1 N–H and O–H groups in total. The number of hydrogen-bond donors (Lipinski definition) is 1. The first kappa shape index (κ1) is 16.2. The monoisotopic (exact) mass is 319 g/mol. The van der Waals surface area contributed by atoms with E-state index >= 15 is 0 Å². The Kier molecular flexibility index (Phi) is 5.27. The van der Waals surface area contributed by atoms with Crippen LogP contribution >= 0.6 is 11.6 Å². The number of rotatable bonds is 5. The molecular weight excluding hydrogens is 302 g/mol. The Morgan fingerprint density at radius 1 is 1.45 bits per heavy atom. The zero-order valence-electron chi connectivity index (χ0n) is 12.7. The third-order valence-electron chi connectivity index (χ3n) is 3.31. The van der Waals surface area contributed by atoms with E-state index in [4.69, 9.17) is 11.6 Å². The van der Waals surface area contributed by atoms with Crippen molar-refractivity contribution in [1.29, 1.82) is 0 Å². The fourth-order valence-electron chi connectivity index (χ4n) is 2.14. The van der Waals surface area contributed by atoms with E-state index in [0.29, 0.717) is 23.0 Å². The third-order valence-corrected chi connectivity index (χ3v) is 3.66. The number of benzene rings is 1. The normalized spacial score (nSPS) is 13.0. The Balaban J connectivity index is 2.05. The van der Waals surface area contributed by atoms with E-state index in [-0.39, 0.29) is 11.8 Å². The van der Waals surface area contributed by atoms with Crippen molar-refractivity contribution in [2.75, 3.05) is 13.6 Å². The average molecular weight is 320 g/mol. The van der Waals surface area contributed by atoms with Crippen molar-refractivity contribution in [2.24, 2.45) is 0 Å². The highest BCUT2D eigenvalue weighted by atomic mass is 35.5. The molecule has 6 nitrogen and oxygen atoms in total. The minimum absolute atomic E-state index is 0.000753. The summed E-state index contributed by atoms with van der Waals surface area (Å²) in [5.74, 6) is 0.531. The van der Waals surface area contributed by atoms with Crippen molar-refractivity contribution >= 4 is 23.6 Å². The molecule has 0 radical (unpaired) electrons. The van der Waals surface area contributed by atoms with E-state index in [2.05, 4.69) is 20.6 Å². The maximum Gasteiger partial charge on any atom is 0.249 e. The summed E-state index contributed by atoms with van der Waals surface area (Å²) in [6.07, 6.45) is 1.79. The highest BCUT2D eigenvalue weighted by Gasteiger charge is 2.17. The molecule has 0 saturated heterocycles. The molecule has 1 unspecified atom stereocenters. The van der Waals surface area contributed by atoms with E-state index in [9.17, 15) is 4.79 Å². The van der Waals surface area contributed by atoms with Crippen molar-refractivity contribution in [3.63, 3.8) is 0 Å². The molecule has 0 fully saturated rings. The van der Waals surface area contributed by atoms with Gasteiger partial charge in [0.25, 0.3) is 0 Å². The van der Waals surface area contributed by atoms with Crippen LogP contribution in [0.5, 0.6) is 0 Å². The molecule has 1 aromatic carbocycles. The van der Waals surface area contributed by atoms with Crippen LogP contribution in [0.15, 0.2) is 29.8 Å². The lowest BCUT2D eigenvalue weighted by Crippen LogP contribution is -2.31. The zero-order chi connectivity index (χ0) is 16.1. The van der Waals surface area contributed by atoms with Gasteiger partial charge < -0.3 is 4.90 Å². The number of carbonyl (C=O) groups excluding carboxylic acids is 1. The van der Waals surface area contributed by atoms with Crippen LogP contribution in [-0.2, 0) is 4.79 Å². The molecule has 1 aromatic heterocycles. The van der Waals surface area contributed by atoms with Gasteiger partial charge in [0.05, 0.1) is 0 Å². The number of aromatic nitrogens is 4. The maximum absolute atomic E-state index is 12.4. The van der Waals surface area contributed by atoms with Crippen LogP contribution < -0.4 is 0 Å². The summed E-state index contributed by atoms with van der Waals surface area (Å²) in [5.41, 5.74) is 1.45. The fraction of sp³-hybridized carbons (Fsp3) is 0.333. The largest absolute Gasteiger partial charge is 0.341 e. The number of nitrogens with one attached hydrogen (secondary N) is 1. The molecule has 22 heavy (non-hydrogen) atoms. The molecule has 1 atom stereocenters. The van der Waals surface area contributed by atoms with Crippen molar-refractivity contribution in [1.82, 2.24) is 25.5 Å². The SMILES string of the molecule is CC(=Cc1ccccc1Cl)C(=O)N(C)CC(C)c1nn[nH]n1. The van der Waals surface area contributed by atoms with Crippen LogP contribution in [0.4, 0.5) is 0 Å². The van der Waals surface area contributed by atoms with Gasteiger partial charge >= 0.3 is 0 Å². The summed E-state index contributed by atoms with van der Waals surface area (Å²) in [6, 6.07) is 7.42. The van der Waals surface area contributed by atoms with Crippen LogP contribution in [0.3, 0.4) is 0 Å². The third kappa shape index (κ3) is 3.92. The highest BCUT2D eigenvalue weighted by Crippen LogP contribution is 2.19. The molecule has 0 spiro atoms. The van der Waals surface area contributed by atoms with E-state index in [0.717, 1.165) is 5.56 Å². The molecule has 0 aliphatic rings. The van der Waals surface area contributed by atoms with Crippen LogP contribution in [0.1, 0.15) is 31.2 Å². The second-order valence-electron chi connectivity index (χ2n) is 5.21. The molecule has 2 rings (SSSR count). The first-order chi connectivity index (χ1) is 10.5. The molecule has 1 amide bonds. The minimum Gasteiger partial charge on any atom is -0.341 e. The minimum atomic E-state index is -0.0599. The fourth-order valence-corrected chi connectivity index (χ4v) is 2.33. The van der Waals surface area contributed by atoms with Crippen molar-refractivity contribution < 1.29 is 4.79 Å². The van der Waals surface area contributed by atoms with Gasteiger partial charge in [0, 0.05) is 30.1 Å². The predicted octanol–water partition coefficient (Wildman–Crippen LogP) is 2.52. The van der Waals surface area contributed by atoms with Crippen LogP contribution in [0, 0.1) is 0 Å². The number of nitrogens with zero attached hydrogens (tertiary/aromatic N) is 4. The van der Waals surface area contributed by atoms with Crippen molar-refractivity contribution in [3.8, 4) is 0 Å². The second kappa shape index (κ2) is 7.17. The van der Waals surface area contributed by atoms with Gasteiger partial charge in [-0.25, -0.2) is 0 Å². The Hall–Kier alpha value is -2.21. The molecule has 1 heterocycles. The lowest BCUT2D eigenvalue weighted by Gasteiger charge is -2.20. The molecule has 0 saturated carbocycles. The van der Waals surface area contributed by atoms with E-state index in [1.165, 1.54) is 0 Å². The molecule has 116 valence electrons. The molecule has 0 aliphatic carbocycles. The quantitative estimate of drug-likeness (QED) is 0.859. The number of hydrogen-bond acceptors (Lipinski definition) is 4. The summed E-state index contributed by atoms with van der Waals surface area (Å²) in [5, 5.41) is 14.4. The second-order valence-corrected chi connectivity index (χ2v) is 5.61. The Morgan fingerprint density at radius 3 is 2.82 bits per heavy atom. The summed E-state index contributed by atoms with van der Waals surface area (Å²) in [7, 11) is 1.75. The topological polar surface area (TPSA) is 74.8 Å². The number of aromatic amines is 1. The van der Waals surface area contributed by atoms with Crippen molar-refractivity contribution in [2.45, 2.75) is 19.8 Å². The Morgan fingerprint density at radius 2 is 2.18 bits per heavy atom. The van der Waals surface area contributed by atoms with Gasteiger partial charge in [-0.15, -0.1) is 10.2 Å². The number of amides is 1. The van der Waals surface area contributed by atoms with Gasteiger partial charge in [-0.05, 0) is 24.6 Å². The van der Waals surface area contributed by atoms with Gasteiger partial charge in [0.2, 0.25) is 5.91 Å². The summed E-state index contributed by atoms with van der Waals surface area (Å²) in [6.45, 7) is 4.23. The molecule has 0 aliphatic heterocycles. The number of halogens is 1. The molecule has 0 bridgehead atoms. The zero-order valence-corrected chi connectivity index (χ0v) is 13.5. The lowest BCUT2D eigenvalue weighted by atomic mass is 10.1. The summed E-state index contributed by atoms with van der Waals surface area (Å²) in [4.78, 5) is 14.1. The Bertz CT molecular complexity index is 668. The van der Waals surface area contributed by atoms with Gasteiger partial charge in [-0.1, -0.05) is 41.9 Å². The number of tetrazole rings is 1. The standard InChI is InChI=1S/C15H18ClN5O/c1-10(8-12-6-4-5-7-13(12)16)15(22)21(3)9-11(2)14-17-19-20-18-14/h4-8,11H,9H2,1-3H3,(H,17,18,19,20). The van der Waals surface area contributed by atoms with E-state index in [1.54, 1.807) is 31.0 Å². The summed E-state index contributed by atoms with van der Waals surface area (Å²) >= 11 is 6.11. The van der Waals surface area contributed by atoms with E-state index < -0.39 is 0 Å². The Labute approximate surface area is 134 Å². The molecular formula is C15H18ClN5O. The van der Waals surface area contributed by atoms with E-state index in [1.807, 2.05) is 25.1 Å². The average Bonchev–Trinajstić information content (AvgIpc) is 3.03. The molecule has 7 heteroatoms. The van der Waals surface area contributed by atoms with Gasteiger partial charge in [-0.2, -0.15) is 5.21 Å². The van der Waals surface area contributed by atoms with Gasteiger partial charge in [0.15, 0.2) is 5.82 Å². The number of carbonyl (C=O) groups is 1. The maximum atomic E-state index is 12.4. The van der Waals surface area contributed by atoms with Gasteiger partial charge in [0.1, 0.15) is 0 Å². The first-order valence-electron chi connectivity index (χ1n) is 6.90. The van der Waals surface area contributed by atoms with Crippen LogP contribution in [0.25, 0.3) is 6.08 Å². The van der Waals surface area contributed by atoms with Crippen LogP contribution in [0.2, 0.25) is 5.02 Å². The summed E-state index contributed by atoms with van der Waals surface area (Å²) < 4.78 is 0. The number of likely N-dealkylation sites (N-methyl/N-ethyl adjacent to an activating group) is 1. The lowest BCUT2D eigenvalue weighted by molar-refractivity contribution is -0.125. The molecule has 2 aromatic rings. The predicted molar refractivity (Wildman–Crippen MR) is 85.3 cm³/mol. The first-order valence-corrected chi connectivity index (χ1v) is 7.28. The van der Waals surface area contributed by atoms with Crippen LogP contribution in [-0.4, -0.2) is 45.0 Å². The van der Waals surface area contributed by atoms with Crippen molar-refractivity contribution in [3.05, 3.63) is 46.2 Å².